The van der Waals surface area contributed by atoms with Crippen molar-refractivity contribution in [1.29, 1.82) is 0 Å². The van der Waals surface area contributed by atoms with Gasteiger partial charge in [-0.3, -0.25) is 0 Å². The lowest BCUT2D eigenvalue weighted by Gasteiger charge is -2.32. The SMILES string of the molecule is Oc1cccc2c1CCC(C1C=CNCC1)O2. The number of phenols is 1. The average molecular weight is 231 g/mol. The fourth-order valence-corrected chi connectivity index (χ4v) is 2.66. The lowest BCUT2D eigenvalue weighted by atomic mass is 9.89. The van der Waals surface area contributed by atoms with Gasteiger partial charge in [-0.2, -0.15) is 0 Å². The second-order valence-electron chi connectivity index (χ2n) is 4.71. The predicted molar refractivity (Wildman–Crippen MR) is 66.1 cm³/mol. The number of nitrogens with one attached hydrogen (secondary N) is 1. The van der Waals surface area contributed by atoms with Gasteiger partial charge in [-0.05, 0) is 37.6 Å². The minimum Gasteiger partial charge on any atom is -0.508 e. The van der Waals surface area contributed by atoms with Gasteiger partial charge in [0, 0.05) is 18.0 Å². The molecule has 0 saturated heterocycles. The molecule has 3 nitrogen and oxygen atoms in total. The van der Waals surface area contributed by atoms with Crippen LogP contribution in [0.4, 0.5) is 0 Å². The number of aromatic hydroxyl groups is 1. The first-order valence-electron chi connectivity index (χ1n) is 6.22. The number of phenolic OH excluding ortho intramolecular Hbond substituents is 1. The highest BCUT2D eigenvalue weighted by Crippen LogP contribution is 2.36. The summed E-state index contributed by atoms with van der Waals surface area (Å²) in [7, 11) is 0. The Bertz CT molecular complexity index is 442. The van der Waals surface area contributed by atoms with E-state index >= 15 is 0 Å². The van der Waals surface area contributed by atoms with Gasteiger partial charge >= 0.3 is 0 Å². The van der Waals surface area contributed by atoms with E-state index in [4.69, 9.17) is 4.74 Å². The van der Waals surface area contributed by atoms with Gasteiger partial charge in [0.1, 0.15) is 17.6 Å². The predicted octanol–water partition coefficient (Wildman–Crippen LogP) is 2.21. The lowest BCUT2D eigenvalue weighted by Crippen LogP contribution is -2.33. The molecule has 0 radical (unpaired) electrons. The van der Waals surface area contributed by atoms with Crippen LogP contribution in [0, 0.1) is 5.92 Å². The number of fused-ring (bicyclic) bond motifs is 1. The molecule has 0 saturated carbocycles. The topological polar surface area (TPSA) is 41.5 Å². The Kier molecular flexibility index (Phi) is 2.67. The van der Waals surface area contributed by atoms with E-state index in [1.165, 1.54) is 0 Å². The summed E-state index contributed by atoms with van der Waals surface area (Å²) in [6, 6.07) is 5.52. The number of benzene rings is 1. The molecule has 90 valence electrons. The van der Waals surface area contributed by atoms with Gasteiger partial charge in [-0.15, -0.1) is 0 Å². The largest absolute Gasteiger partial charge is 0.508 e. The molecular weight excluding hydrogens is 214 g/mol. The number of hydrogen-bond acceptors (Lipinski definition) is 3. The molecule has 17 heavy (non-hydrogen) atoms. The first-order valence-corrected chi connectivity index (χ1v) is 6.22. The molecule has 2 heterocycles. The van der Waals surface area contributed by atoms with Gasteiger partial charge in [-0.1, -0.05) is 12.1 Å². The Hall–Kier alpha value is -1.64. The van der Waals surface area contributed by atoms with E-state index < -0.39 is 0 Å². The summed E-state index contributed by atoms with van der Waals surface area (Å²) in [5.74, 6) is 1.71. The van der Waals surface area contributed by atoms with Crippen molar-refractivity contribution in [3.8, 4) is 11.5 Å². The Labute approximate surface area is 101 Å². The van der Waals surface area contributed by atoms with Crippen molar-refractivity contribution in [2.24, 2.45) is 5.92 Å². The van der Waals surface area contributed by atoms with Crippen molar-refractivity contribution in [1.82, 2.24) is 5.32 Å². The third-order valence-corrected chi connectivity index (χ3v) is 3.63. The fraction of sp³-hybridized carbons (Fsp3) is 0.429. The van der Waals surface area contributed by atoms with Gasteiger partial charge in [0.15, 0.2) is 0 Å². The Balaban J connectivity index is 1.80. The van der Waals surface area contributed by atoms with Crippen LogP contribution in [-0.4, -0.2) is 17.8 Å². The molecule has 2 aliphatic heterocycles. The summed E-state index contributed by atoms with van der Waals surface area (Å²) in [6.07, 6.45) is 7.49. The van der Waals surface area contributed by atoms with Crippen molar-refractivity contribution in [3.05, 3.63) is 36.0 Å². The van der Waals surface area contributed by atoms with Crippen molar-refractivity contribution in [3.63, 3.8) is 0 Å². The summed E-state index contributed by atoms with van der Waals surface area (Å²) in [4.78, 5) is 0. The molecule has 1 aromatic rings. The van der Waals surface area contributed by atoms with Crippen LogP contribution in [0.25, 0.3) is 0 Å². The van der Waals surface area contributed by atoms with Gasteiger partial charge in [0.25, 0.3) is 0 Å². The molecule has 2 aliphatic rings. The van der Waals surface area contributed by atoms with E-state index in [1.807, 2.05) is 18.3 Å². The fourth-order valence-electron chi connectivity index (χ4n) is 2.66. The van der Waals surface area contributed by atoms with E-state index in [0.717, 1.165) is 37.1 Å². The molecular formula is C14H17NO2. The molecule has 2 atom stereocenters. The molecule has 0 spiro atoms. The maximum Gasteiger partial charge on any atom is 0.126 e. The normalized spacial score (nSPS) is 26.8. The highest BCUT2D eigenvalue weighted by molar-refractivity contribution is 5.45. The van der Waals surface area contributed by atoms with Gasteiger partial charge in [-0.25, -0.2) is 0 Å². The van der Waals surface area contributed by atoms with Crippen LogP contribution in [0.3, 0.4) is 0 Å². The lowest BCUT2D eigenvalue weighted by molar-refractivity contribution is 0.124. The van der Waals surface area contributed by atoms with Crippen LogP contribution < -0.4 is 10.1 Å². The molecule has 0 bridgehead atoms. The smallest absolute Gasteiger partial charge is 0.126 e. The van der Waals surface area contributed by atoms with Gasteiger partial charge < -0.3 is 15.2 Å². The van der Waals surface area contributed by atoms with E-state index in [1.54, 1.807) is 6.07 Å². The molecule has 1 aromatic carbocycles. The highest BCUT2D eigenvalue weighted by atomic mass is 16.5. The van der Waals surface area contributed by atoms with Gasteiger partial charge in [0.2, 0.25) is 0 Å². The second kappa shape index (κ2) is 4.32. The molecule has 3 heteroatoms. The second-order valence-corrected chi connectivity index (χ2v) is 4.71. The minimum absolute atomic E-state index is 0.252. The first kappa shape index (κ1) is 10.5. The van der Waals surface area contributed by atoms with E-state index in [9.17, 15) is 5.11 Å². The van der Waals surface area contributed by atoms with Crippen molar-refractivity contribution >= 4 is 0 Å². The summed E-state index contributed by atoms with van der Waals surface area (Å²) < 4.78 is 6.01. The van der Waals surface area contributed by atoms with E-state index in [2.05, 4.69) is 11.4 Å². The van der Waals surface area contributed by atoms with Crippen LogP contribution in [0.1, 0.15) is 18.4 Å². The molecule has 2 unspecified atom stereocenters. The Morgan fingerprint density at radius 2 is 2.24 bits per heavy atom. The molecule has 0 fully saturated rings. The summed E-state index contributed by atoms with van der Waals surface area (Å²) >= 11 is 0. The monoisotopic (exact) mass is 231 g/mol. The van der Waals surface area contributed by atoms with Crippen LogP contribution in [-0.2, 0) is 6.42 Å². The number of hydrogen-bond donors (Lipinski definition) is 2. The molecule has 0 aromatic heterocycles. The highest BCUT2D eigenvalue weighted by Gasteiger charge is 2.27. The molecule has 0 aliphatic carbocycles. The minimum atomic E-state index is 0.252. The molecule has 3 rings (SSSR count). The molecule has 2 N–H and O–H groups in total. The van der Waals surface area contributed by atoms with Crippen LogP contribution in [0.15, 0.2) is 30.5 Å². The zero-order valence-corrected chi connectivity index (χ0v) is 9.73. The summed E-state index contributed by atoms with van der Waals surface area (Å²) in [5, 5.41) is 13.0. The zero-order chi connectivity index (χ0) is 11.7. The maximum absolute atomic E-state index is 9.75. The van der Waals surface area contributed by atoms with Gasteiger partial charge in [0.05, 0.1) is 0 Å². The maximum atomic E-state index is 9.75. The van der Waals surface area contributed by atoms with Crippen molar-refractivity contribution in [2.45, 2.75) is 25.4 Å². The quantitative estimate of drug-likeness (QED) is 0.778. The standard InChI is InChI=1S/C14H17NO2/c16-12-2-1-3-14-11(12)4-5-13(17-14)10-6-8-15-9-7-10/h1-3,6,8,10,13,15-16H,4-5,7,9H2. The van der Waals surface area contributed by atoms with E-state index in [0.29, 0.717) is 11.7 Å². The summed E-state index contributed by atoms with van der Waals surface area (Å²) in [6.45, 7) is 1.02. The van der Waals surface area contributed by atoms with Crippen LogP contribution >= 0.6 is 0 Å². The first-order chi connectivity index (χ1) is 8.34. The van der Waals surface area contributed by atoms with Crippen LogP contribution in [0.5, 0.6) is 11.5 Å². The van der Waals surface area contributed by atoms with Crippen LogP contribution in [0.2, 0.25) is 0 Å². The third-order valence-electron chi connectivity index (χ3n) is 3.63. The zero-order valence-electron chi connectivity index (χ0n) is 9.73. The third kappa shape index (κ3) is 1.97. The summed E-state index contributed by atoms with van der Waals surface area (Å²) in [5.41, 5.74) is 0.960. The van der Waals surface area contributed by atoms with Crippen molar-refractivity contribution in [2.75, 3.05) is 6.54 Å². The Morgan fingerprint density at radius 3 is 3.06 bits per heavy atom. The molecule has 0 amide bonds. The number of ether oxygens (including phenoxy) is 1. The van der Waals surface area contributed by atoms with Crippen molar-refractivity contribution < 1.29 is 9.84 Å². The van der Waals surface area contributed by atoms with E-state index in [-0.39, 0.29) is 6.10 Å². The Morgan fingerprint density at radius 1 is 1.29 bits per heavy atom. The number of rotatable bonds is 1. The average Bonchev–Trinajstić information content (AvgIpc) is 2.40.